The third-order valence-corrected chi connectivity index (χ3v) is 3.83. The van der Waals surface area contributed by atoms with Crippen molar-refractivity contribution in [3.05, 3.63) is 59.2 Å². The second-order valence-corrected chi connectivity index (χ2v) is 6.02. The van der Waals surface area contributed by atoms with Gasteiger partial charge in [0.05, 0.1) is 0 Å². The molecule has 2 aromatic rings. The standard InChI is InChI=1S/C20H24O2/c1-14(2)7-6-8-15(3)11-12-16-13-19(21)17-9-4-5-10-18(17)20(16)22/h4-5,7,9-11,13,21-22H,6,8,12H2,1-3H3/b15-11+. The molecule has 0 saturated heterocycles. The van der Waals surface area contributed by atoms with Gasteiger partial charge in [-0.25, -0.2) is 0 Å². The molecule has 2 N–H and O–H groups in total. The highest BCUT2D eigenvalue weighted by molar-refractivity contribution is 5.94. The molecule has 0 bridgehead atoms. The van der Waals surface area contributed by atoms with Crippen LogP contribution in [0.1, 0.15) is 39.2 Å². The summed E-state index contributed by atoms with van der Waals surface area (Å²) in [5.41, 5.74) is 3.40. The fourth-order valence-electron chi connectivity index (χ4n) is 2.53. The highest BCUT2D eigenvalue weighted by atomic mass is 16.3. The van der Waals surface area contributed by atoms with Crippen LogP contribution in [0.15, 0.2) is 53.6 Å². The normalized spacial score (nSPS) is 11.7. The number of aromatic hydroxyl groups is 2. The highest BCUT2D eigenvalue weighted by Crippen LogP contribution is 2.35. The second kappa shape index (κ2) is 7.17. The van der Waals surface area contributed by atoms with Crippen LogP contribution >= 0.6 is 0 Å². The summed E-state index contributed by atoms with van der Waals surface area (Å²) in [6.07, 6.45) is 7.05. The molecule has 0 aromatic heterocycles. The summed E-state index contributed by atoms with van der Waals surface area (Å²) in [7, 11) is 0. The Bertz CT molecular complexity index is 720. The summed E-state index contributed by atoms with van der Waals surface area (Å²) in [6, 6.07) is 9.03. The molecule has 2 heteroatoms. The Morgan fingerprint density at radius 2 is 1.68 bits per heavy atom. The predicted octanol–water partition coefficient (Wildman–Crippen LogP) is 5.49. The van der Waals surface area contributed by atoms with E-state index in [2.05, 4.69) is 32.9 Å². The van der Waals surface area contributed by atoms with Crippen LogP contribution < -0.4 is 0 Å². The van der Waals surface area contributed by atoms with Gasteiger partial charge in [0.15, 0.2) is 0 Å². The zero-order valence-corrected chi connectivity index (χ0v) is 13.6. The molecule has 116 valence electrons. The number of phenolic OH excluding ortho intramolecular Hbond substituents is 2. The molecule has 2 aromatic carbocycles. The van der Waals surface area contributed by atoms with Gasteiger partial charge in [-0.2, -0.15) is 0 Å². The lowest BCUT2D eigenvalue weighted by molar-refractivity contribution is 0.465. The SMILES string of the molecule is CC(C)=CCC/C(C)=C/Cc1cc(O)c2ccccc2c1O. The zero-order valence-electron chi connectivity index (χ0n) is 13.6. The number of fused-ring (bicyclic) bond motifs is 1. The predicted molar refractivity (Wildman–Crippen MR) is 93.4 cm³/mol. The minimum atomic E-state index is 0.221. The molecule has 0 radical (unpaired) electrons. The molecule has 0 aliphatic heterocycles. The number of phenols is 2. The van der Waals surface area contributed by atoms with Gasteiger partial charge in [0.2, 0.25) is 0 Å². The van der Waals surface area contributed by atoms with Gasteiger partial charge in [-0.15, -0.1) is 0 Å². The Morgan fingerprint density at radius 1 is 1.00 bits per heavy atom. The summed E-state index contributed by atoms with van der Waals surface area (Å²) >= 11 is 0. The van der Waals surface area contributed by atoms with Crippen LogP contribution in [-0.4, -0.2) is 10.2 Å². The van der Waals surface area contributed by atoms with Crippen molar-refractivity contribution in [2.75, 3.05) is 0 Å². The van der Waals surface area contributed by atoms with E-state index in [0.717, 1.165) is 18.4 Å². The smallest absolute Gasteiger partial charge is 0.127 e. The van der Waals surface area contributed by atoms with Crippen LogP contribution in [-0.2, 0) is 6.42 Å². The maximum atomic E-state index is 10.4. The van der Waals surface area contributed by atoms with Gasteiger partial charge in [0.25, 0.3) is 0 Å². The third-order valence-electron chi connectivity index (χ3n) is 3.83. The summed E-state index contributed by atoms with van der Waals surface area (Å²) < 4.78 is 0. The van der Waals surface area contributed by atoms with Gasteiger partial charge in [-0.1, -0.05) is 47.6 Å². The number of benzene rings is 2. The van der Waals surface area contributed by atoms with Crippen molar-refractivity contribution < 1.29 is 10.2 Å². The van der Waals surface area contributed by atoms with Gasteiger partial charge in [-0.05, 0) is 46.1 Å². The number of hydrogen-bond donors (Lipinski definition) is 2. The van der Waals surface area contributed by atoms with Crippen molar-refractivity contribution in [1.82, 2.24) is 0 Å². The van der Waals surface area contributed by atoms with Crippen LogP contribution in [0.25, 0.3) is 10.8 Å². The van der Waals surface area contributed by atoms with Crippen LogP contribution in [0.4, 0.5) is 0 Å². The van der Waals surface area contributed by atoms with E-state index in [9.17, 15) is 10.2 Å². The number of allylic oxidation sites excluding steroid dienone is 4. The molecule has 0 amide bonds. The topological polar surface area (TPSA) is 40.5 Å². The van der Waals surface area contributed by atoms with Crippen molar-refractivity contribution in [3.8, 4) is 11.5 Å². The van der Waals surface area contributed by atoms with Gasteiger partial charge in [0.1, 0.15) is 11.5 Å². The number of rotatable bonds is 5. The molecule has 0 spiro atoms. The Hall–Kier alpha value is -2.22. The highest BCUT2D eigenvalue weighted by Gasteiger charge is 2.09. The van der Waals surface area contributed by atoms with Crippen molar-refractivity contribution >= 4 is 10.8 Å². The fourth-order valence-corrected chi connectivity index (χ4v) is 2.53. The van der Waals surface area contributed by atoms with E-state index in [0.29, 0.717) is 17.2 Å². The Balaban J connectivity index is 2.18. The van der Waals surface area contributed by atoms with Crippen LogP contribution in [0.5, 0.6) is 11.5 Å². The van der Waals surface area contributed by atoms with E-state index in [1.54, 1.807) is 6.07 Å². The molecule has 2 rings (SSSR count). The molecule has 0 unspecified atom stereocenters. The summed E-state index contributed by atoms with van der Waals surface area (Å²) in [5.74, 6) is 0.487. The monoisotopic (exact) mass is 296 g/mol. The first-order valence-electron chi connectivity index (χ1n) is 7.70. The van der Waals surface area contributed by atoms with E-state index in [1.807, 2.05) is 24.3 Å². The average Bonchev–Trinajstić information content (AvgIpc) is 2.49. The summed E-state index contributed by atoms with van der Waals surface area (Å²) in [6.45, 7) is 6.32. The van der Waals surface area contributed by atoms with Gasteiger partial charge >= 0.3 is 0 Å². The van der Waals surface area contributed by atoms with E-state index < -0.39 is 0 Å². The van der Waals surface area contributed by atoms with Crippen molar-refractivity contribution in [1.29, 1.82) is 0 Å². The first-order valence-corrected chi connectivity index (χ1v) is 7.70. The van der Waals surface area contributed by atoms with E-state index in [1.165, 1.54) is 11.1 Å². The Kier molecular flexibility index (Phi) is 5.26. The summed E-state index contributed by atoms with van der Waals surface area (Å²) in [5, 5.41) is 21.9. The maximum absolute atomic E-state index is 10.4. The minimum Gasteiger partial charge on any atom is -0.507 e. The van der Waals surface area contributed by atoms with Crippen molar-refractivity contribution in [2.45, 2.75) is 40.0 Å². The molecule has 22 heavy (non-hydrogen) atoms. The molecular formula is C20H24O2. The molecule has 2 nitrogen and oxygen atoms in total. The van der Waals surface area contributed by atoms with Crippen molar-refractivity contribution in [2.24, 2.45) is 0 Å². The molecule has 0 heterocycles. The lowest BCUT2D eigenvalue weighted by Gasteiger charge is -2.09. The van der Waals surface area contributed by atoms with Crippen LogP contribution in [0.3, 0.4) is 0 Å². The minimum absolute atomic E-state index is 0.221. The average molecular weight is 296 g/mol. The summed E-state index contributed by atoms with van der Waals surface area (Å²) in [4.78, 5) is 0. The fraction of sp³-hybridized carbons (Fsp3) is 0.300. The molecule has 0 aliphatic rings. The van der Waals surface area contributed by atoms with E-state index in [4.69, 9.17) is 0 Å². The lowest BCUT2D eigenvalue weighted by atomic mass is 10.0. The van der Waals surface area contributed by atoms with E-state index in [-0.39, 0.29) is 11.5 Å². The lowest BCUT2D eigenvalue weighted by Crippen LogP contribution is -1.87. The maximum Gasteiger partial charge on any atom is 0.127 e. The molecular weight excluding hydrogens is 272 g/mol. The largest absolute Gasteiger partial charge is 0.507 e. The van der Waals surface area contributed by atoms with Gasteiger partial charge in [-0.3, -0.25) is 0 Å². The Labute approximate surface area is 132 Å². The molecule has 0 aliphatic carbocycles. The number of hydrogen-bond acceptors (Lipinski definition) is 2. The van der Waals surface area contributed by atoms with E-state index >= 15 is 0 Å². The molecule has 0 saturated carbocycles. The first-order chi connectivity index (χ1) is 10.5. The molecule has 0 atom stereocenters. The molecule has 0 fully saturated rings. The van der Waals surface area contributed by atoms with Gasteiger partial charge < -0.3 is 10.2 Å². The quantitative estimate of drug-likeness (QED) is 0.566. The van der Waals surface area contributed by atoms with Crippen LogP contribution in [0.2, 0.25) is 0 Å². The zero-order chi connectivity index (χ0) is 16.1. The van der Waals surface area contributed by atoms with Crippen molar-refractivity contribution in [3.63, 3.8) is 0 Å². The first kappa shape index (κ1) is 16.2. The van der Waals surface area contributed by atoms with Crippen LogP contribution in [0, 0.1) is 0 Å². The third kappa shape index (κ3) is 3.91. The van der Waals surface area contributed by atoms with Gasteiger partial charge in [0, 0.05) is 16.3 Å². The second-order valence-electron chi connectivity index (χ2n) is 6.02. The Morgan fingerprint density at radius 3 is 2.36 bits per heavy atom.